The molecule has 0 bridgehead atoms. The summed E-state index contributed by atoms with van der Waals surface area (Å²) < 4.78 is 5.10. The lowest BCUT2D eigenvalue weighted by Gasteiger charge is -2.29. The van der Waals surface area contributed by atoms with Crippen molar-refractivity contribution in [2.75, 3.05) is 6.61 Å². The highest BCUT2D eigenvalue weighted by Crippen LogP contribution is 2.40. The molecule has 3 rings (SSSR count). The number of carbonyl (C=O) groups excluding carboxylic acids is 1. The lowest BCUT2D eigenvalue weighted by molar-refractivity contribution is -0.141. The normalized spacial score (nSPS) is 21.1. The van der Waals surface area contributed by atoms with Gasteiger partial charge >= 0.3 is 5.97 Å². The molecule has 0 saturated carbocycles. The Bertz CT molecular complexity index is 538. The third kappa shape index (κ3) is 1.66. The van der Waals surface area contributed by atoms with Gasteiger partial charge in [-0.25, -0.2) is 0 Å². The van der Waals surface area contributed by atoms with Crippen molar-refractivity contribution in [1.29, 1.82) is 0 Å². The molecule has 0 amide bonds. The summed E-state index contributed by atoms with van der Waals surface area (Å²) in [7, 11) is 0. The van der Waals surface area contributed by atoms with Crippen molar-refractivity contribution in [3.8, 4) is 0 Å². The predicted octanol–water partition coefficient (Wildman–Crippen LogP) is 1.89. The number of hydrogen-bond acceptors (Lipinski definition) is 3. The van der Waals surface area contributed by atoms with E-state index in [1.54, 1.807) is 0 Å². The standard InChI is InChI=1S/C16H14O3/c17-14-11-19-15(18)16(14,12-7-3-1-4-8-12)13-9-5-2-6-10-13/h1-10,14,17H,11H2. The van der Waals surface area contributed by atoms with Crippen molar-refractivity contribution in [3.05, 3.63) is 71.8 Å². The number of aliphatic hydroxyl groups excluding tert-OH is 1. The second-order valence-corrected chi connectivity index (χ2v) is 4.65. The molecule has 0 aromatic heterocycles. The Labute approximate surface area is 111 Å². The van der Waals surface area contributed by atoms with Crippen molar-refractivity contribution in [2.45, 2.75) is 11.5 Å². The zero-order chi connectivity index (χ0) is 13.3. The molecular formula is C16H14O3. The molecular weight excluding hydrogens is 240 g/mol. The summed E-state index contributed by atoms with van der Waals surface area (Å²) in [6.07, 6.45) is -0.871. The number of cyclic esters (lactones) is 1. The summed E-state index contributed by atoms with van der Waals surface area (Å²) in [4.78, 5) is 12.3. The first kappa shape index (κ1) is 11.9. The molecule has 1 aliphatic rings. The molecule has 1 unspecified atom stereocenters. The molecule has 96 valence electrons. The molecule has 0 radical (unpaired) electrons. The maximum absolute atomic E-state index is 12.3. The molecule has 3 heteroatoms. The van der Waals surface area contributed by atoms with Gasteiger partial charge in [0, 0.05) is 0 Å². The Balaban J connectivity index is 2.25. The monoisotopic (exact) mass is 254 g/mol. The summed E-state index contributed by atoms with van der Waals surface area (Å²) in [5, 5.41) is 10.4. The van der Waals surface area contributed by atoms with Crippen LogP contribution in [0.25, 0.3) is 0 Å². The number of ether oxygens (including phenoxy) is 1. The second kappa shape index (κ2) is 4.52. The highest BCUT2D eigenvalue weighted by Gasteiger charge is 2.54. The number of carbonyl (C=O) groups is 1. The van der Waals surface area contributed by atoms with Crippen LogP contribution in [0.5, 0.6) is 0 Å². The number of esters is 1. The predicted molar refractivity (Wildman–Crippen MR) is 70.6 cm³/mol. The number of benzene rings is 2. The van der Waals surface area contributed by atoms with Crippen molar-refractivity contribution >= 4 is 5.97 Å². The van der Waals surface area contributed by atoms with Crippen LogP contribution in [0.3, 0.4) is 0 Å². The van der Waals surface area contributed by atoms with Gasteiger partial charge in [-0.3, -0.25) is 4.79 Å². The van der Waals surface area contributed by atoms with Crippen molar-refractivity contribution in [2.24, 2.45) is 0 Å². The van der Waals surface area contributed by atoms with Gasteiger partial charge in [0.15, 0.2) is 0 Å². The Hall–Kier alpha value is -2.13. The van der Waals surface area contributed by atoms with Gasteiger partial charge in [0.25, 0.3) is 0 Å². The van der Waals surface area contributed by atoms with E-state index in [1.807, 2.05) is 60.7 Å². The van der Waals surface area contributed by atoms with Crippen LogP contribution in [0.4, 0.5) is 0 Å². The van der Waals surface area contributed by atoms with E-state index in [2.05, 4.69) is 0 Å². The molecule has 1 N–H and O–H groups in total. The molecule has 1 saturated heterocycles. The minimum atomic E-state index is -1.11. The van der Waals surface area contributed by atoms with Crippen LogP contribution >= 0.6 is 0 Å². The molecule has 1 atom stereocenters. The third-order valence-electron chi connectivity index (χ3n) is 3.65. The summed E-state index contributed by atoms with van der Waals surface area (Å²) in [5.41, 5.74) is 0.412. The topological polar surface area (TPSA) is 46.5 Å². The van der Waals surface area contributed by atoms with E-state index in [-0.39, 0.29) is 6.61 Å². The molecule has 0 aliphatic carbocycles. The van der Waals surface area contributed by atoms with Gasteiger partial charge < -0.3 is 9.84 Å². The Kier molecular flexibility index (Phi) is 2.84. The largest absolute Gasteiger partial charge is 0.462 e. The lowest BCUT2D eigenvalue weighted by Crippen LogP contribution is -2.42. The van der Waals surface area contributed by atoms with Crippen LogP contribution in [-0.4, -0.2) is 23.8 Å². The van der Waals surface area contributed by atoms with E-state index >= 15 is 0 Å². The SMILES string of the molecule is O=C1OCC(O)C1(c1ccccc1)c1ccccc1. The third-order valence-corrected chi connectivity index (χ3v) is 3.65. The molecule has 19 heavy (non-hydrogen) atoms. The quantitative estimate of drug-likeness (QED) is 0.832. The number of aliphatic hydroxyl groups is 1. The van der Waals surface area contributed by atoms with Crippen molar-refractivity contribution < 1.29 is 14.6 Å². The smallest absolute Gasteiger partial charge is 0.324 e. The molecule has 2 aromatic rings. The van der Waals surface area contributed by atoms with Gasteiger partial charge in [0.1, 0.15) is 18.1 Å². The average molecular weight is 254 g/mol. The maximum atomic E-state index is 12.3. The van der Waals surface area contributed by atoms with Gasteiger partial charge in [-0.1, -0.05) is 60.7 Å². The van der Waals surface area contributed by atoms with Crippen LogP contribution in [0.2, 0.25) is 0 Å². The van der Waals surface area contributed by atoms with Crippen LogP contribution in [-0.2, 0) is 14.9 Å². The second-order valence-electron chi connectivity index (χ2n) is 4.65. The first-order chi connectivity index (χ1) is 9.26. The molecule has 3 nitrogen and oxygen atoms in total. The zero-order valence-electron chi connectivity index (χ0n) is 10.3. The van der Waals surface area contributed by atoms with Crippen molar-refractivity contribution in [3.63, 3.8) is 0 Å². The van der Waals surface area contributed by atoms with Gasteiger partial charge in [0.05, 0.1) is 0 Å². The summed E-state index contributed by atoms with van der Waals surface area (Å²) >= 11 is 0. The van der Waals surface area contributed by atoms with E-state index < -0.39 is 17.5 Å². The molecule has 1 fully saturated rings. The van der Waals surface area contributed by atoms with Gasteiger partial charge in [-0.15, -0.1) is 0 Å². The summed E-state index contributed by atoms with van der Waals surface area (Å²) in [6, 6.07) is 18.6. The fourth-order valence-corrected chi connectivity index (χ4v) is 2.72. The van der Waals surface area contributed by atoms with E-state index in [9.17, 15) is 9.90 Å². The summed E-state index contributed by atoms with van der Waals surface area (Å²) in [6.45, 7) is 0.0304. The fraction of sp³-hybridized carbons (Fsp3) is 0.188. The molecule has 2 aromatic carbocycles. The molecule has 1 heterocycles. The van der Waals surface area contributed by atoms with Crippen LogP contribution < -0.4 is 0 Å². The zero-order valence-corrected chi connectivity index (χ0v) is 10.3. The Morgan fingerprint density at radius 1 is 0.947 bits per heavy atom. The Morgan fingerprint density at radius 2 is 1.42 bits per heavy atom. The van der Waals surface area contributed by atoms with Crippen LogP contribution in [0, 0.1) is 0 Å². The van der Waals surface area contributed by atoms with E-state index in [0.717, 1.165) is 11.1 Å². The van der Waals surface area contributed by atoms with Crippen LogP contribution in [0.1, 0.15) is 11.1 Å². The maximum Gasteiger partial charge on any atom is 0.324 e. The van der Waals surface area contributed by atoms with Gasteiger partial charge in [-0.2, -0.15) is 0 Å². The van der Waals surface area contributed by atoms with Gasteiger partial charge in [-0.05, 0) is 11.1 Å². The van der Waals surface area contributed by atoms with E-state index in [0.29, 0.717) is 0 Å². The first-order valence-electron chi connectivity index (χ1n) is 6.22. The molecule has 1 aliphatic heterocycles. The fourth-order valence-electron chi connectivity index (χ4n) is 2.72. The summed E-state index contributed by atoms with van der Waals surface area (Å²) in [5.74, 6) is -0.391. The minimum Gasteiger partial charge on any atom is -0.462 e. The van der Waals surface area contributed by atoms with Crippen molar-refractivity contribution in [1.82, 2.24) is 0 Å². The lowest BCUT2D eigenvalue weighted by atomic mass is 9.72. The minimum absolute atomic E-state index is 0.0304. The Morgan fingerprint density at radius 3 is 1.79 bits per heavy atom. The average Bonchev–Trinajstić information content (AvgIpc) is 2.77. The first-order valence-corrected chi connectivity index (χ1v) is 6.22. The highest BCUT2D eigenvalue weighted by atomic mass is 16.6. The van der Waals surface area contributed by atoms with E-state index in [4.69, 9.17) is 4.74 Å². The molecule has 0 spiro atoms. The van der Waals surface area contributed by atoms with Crippen LogP contribution in [0.15, 0.2) is 60.7 Å². The van der Waals surface area contributed by atoms with E-state index in [1.165, 1.54) is 0 Å². The highest BCUT2D eigenvalue weighted by molar-refractivity contribution is 5.90. The van der Waals surface area contributed by atoms with Gasteiger partial charge in [0.2, 0.25) is 0 Å². The number of hydrogen-bond donors (Lipinski definition) is 1. The number of rotatable bonds is 2.